The number of hydrogen-bond acceptors (Lipinski definition) is 5. The summed E-state index contributed by atoms with van der Waals surface area (Å²) in [5, 5.41) is 1.75. The van der Waals surface area contributed by atoms with E-state index in [0.717, 1.165) is 29.5 Å². The Morgan fingerprint density at radius 3 is 2.38 bits per heavy atom. The molecule has 2 amide bonds. The van der Waals surface area contributed by atoms with Crippen LogP contribution in [0.3, 0.4) is 0 Å². The average molecular weight is 353 g/mol. The van der Waals surface area contributed by atoms with Crippen molar-refractivity contribution in [2.24, 2.45) is 0 Å². The second kappa shape index (κ2) is 6.70. The van der Waals surface area contributed by atoms with Gasteiger partial charge in [-0.15, -0.1) is 0 Å². The molecule has 0 saturated carbocycles. The zero-order valence-electron chi connectivity index (χ0n) is 15.2. The van der Waals surface area contributed by atoms with Crippen LogP contribution in [0.5, 0.6) is 0 Å². The molecule has 2 aromatic carbocycles. The number of imide groups is 1. The Morgan fingerprint density at radius 2 is 1.69 bits per heavy atom. The van der Waals surface area contributed by atoms with Crippen LogP contribution in [0.1, 0.15) is 20.7 Å². The lowest BCUT2D eigenvalue weighted by Crippen LogP contribution is -2.43. The lowest BCUT2D eigenvalue weighted by molar-refractivity contribution is 0.0601. The summed E-state index contributed by atoms with van der Waals surface area (Å²) in [5.41, 5.74) is 2.30. The molecule has 1 fully saturated rings. The van der Waals surface area contributed by atoms with Crippen LogP contribution >= 0.6 is 0 Å². The number of carbonyl (C=O) groups is 2. The van der Waals surface area contributed by atoms with Gasteiger partial charge in [-0.25, -0.2) is 0 Å². The number of nitrogens with zero attached hydrogens (tertiary/aromatic N) is 3. The summed E-state index contributed by atoms with van der Waals surface area (Å²) in [7, 11) is 3.87. The fourth-order valence-corrected chi connectivity index (χ4v) is 3.71. The van der Waals surface area contributed by atoms with Crippen LogP contribution in [-0.2, 0) is 4.74 Å². The maximum absolute atomic E-state index is 13.0. The predicted molar refractivity (Wildman–Crippen MR) is 101 cm³/mol. The first-order valence-corrected chi connectivity index (χ1v) is 8.97. The topological polar surface area (TPSA) is 53.1 Å². The summed E-state index contributed by atoms with van der Waals surface area (Å²) in [6.07, 6.45) is 0. The van der Waals surface area contributed by atoms with E-state index in [9.17, 15) is 9.59 Å². The summed E-state index contributed by atoms with van der Waals surface area (Å²) >= 11 is 0. The minimum atomic E-state index is -0.200. The zero-order chi connectivity index (χ0) is 18.3. The van der Waals surface area contributed by atoms with Gasteiger partial charge in [-0.05, 0) is 32.3 Å². The highest BCUT2D eigenvalue weighted by Crippen LogP contribution is 2.36. The number of anilines is 1. The lowest BCUT2D eigenvalue weighted by Gasteiger charge is -2.32. The van der Waals surface area contributed by atoms with Gasteiger partial charge in [0.1, 0.15) is 0 Å². The molecule has 26 heavy (non-hydrogen) atoms. The molecule has 2 aliphatic heterocycles. The molecule has 0 atom stereocenters. The van der Waals surface area contributed by atoms with Crippen LogP contribution in [0.15, 0.2) is 30.3 Å². The number of carbonyl (C=O) groups excluding carboxylic acids is 2. The van der Waals surface area contributed by atoms with Crippen LogP contribution < -0.4 is 4.90 Å². The van der Waals surface area contributed by atoms with E-state index in [0.29, 0.717) is 37.4 Å². The van der Waals surface area contributed by atoms with Crippen molar-refractivity contribution in [2.75, 3.05) is 58.4 Å². The summed E-state index contributed by atoms with van der Waals surface area (Å²) in [5.74, 6) is -0.400. The maximum atomic E-state index is 13.0. The molecule has 0 spiro atoms. The molecule has 136 valence electrons. The van der Waals surface area contributed by atoms with Gasteiger partial charge in [0.2, 0.25) is 0 Å². The van der Waals surface area contributed by atoms with Gasteiger partial charge in [0.05, 0.1) is 13.2 Å². The maximum Gasteiger partial charge on any atom is 0.261 e. The molecule has 0 radical (unpaired) electrons. The molecule has 2 aliphatic rings. The molecule has 0 N–H and O–H groups in total. The lowest BCUT2D eigenvalue weighted by atomic mass is 9.92. The first kappa shape index (κ1) is 17.0. The summed E-state index contributed by atoms with van der Waals surface area (Å²) < 4.78 is 5.45. The molecule has 1 saturated heterocycles. The highest BCUT2D eigenvalue weighted by molar-refractivity contribution is 6.26. The van der Waals surface area contributed by atoms with Crippen LogP contribution in [-0.4, -0.2) is 75.1 Å². The van der Waals surface area contributed by atoms with Gasteiger partial charge in [-0.3, -0.25) is 14.5 Å². The van der Waals surface area contributed by atoms with Crippen LogP contribution in [0.25, 0.3) is 10.8 Å². The van der Waals surface area contributed by atoms with E-state index in [1.165, 1.54) is 4.90 Å². The molecule has 2 heterocycles. The molecule has 0 aromatic heterocycles. The Hall–Kier alpha value is -2.44. The number of likely N-dealkylation sites (N-methyl/N-ethyl adjacent to an activating group) is 1. The molecule has 6 nitrogen and oxygen atoms in total. The van der Waals surface area contributed by atoms with Crippen molar-refractivity contribution >= 4 is 28.3 Å². The zero-order valence-corrected chi connectivity index (χ0v) is 15.2. The van der Waals surface area contributed by atoms with E-state index in [1.807, 2.05) is 49.3 Å². The third kappa shape index (κ3) is 2.75. The number of morpholine rings is 1. The van der Waals surface area contributed by atoms with Crippen LogP contribution in [0.2, 0.25) is 0 Å². The monoisotopic (exact) mass is 353 g/mol. The molecule has 2 aromatic rings. The summed E-state index contributed by atoms with van der Waals surface area (Å²) in [6, 6.07) is 9.61. The van der Waals surface area contributed by atoms with Crippen LogP contribution in [0, 0.1) is 0 Å². The number of amides is 2. The van der Waals surface area contributed by atoms with E-state index >= 15 is 0 Å². The fourth-order valence-electron chi connectivity index (χ4n) is 3.71. The minimum Gasteiger partial charge on any atom is -0.378 e. The minimum absolute atomic E-state index is 0.200. The van der Waals surface area contributed by atoms with Gasteiger partial charge in [0, 0.05) is 53.8 Å². The third-order valence-corrected chi connectivity index (χ3v) is 5.09. The largest absolute Gasteiger partial charge is 0.378 e. The van der Waals surface area contributed by atoms with E-state index in [1.54, 1.807) is 0 Å². The first-order chi connectivity index (χ1) is 12.6. The fraction of sp³-hybridized carbons (Fsp3) is 0.400. The SMILES string of the molecule is CN(C)CCN1C(=O)c2cccc3c(N4CCOCC4)ccc(c23)C1=O. The van der Waals surface area contributed by atoms with Crippen molar-refractivity contribution in [2.45, 2.75) is 0 Å². The highest BCUT2D eigenvalue weighted by Gasteiger charge is 2.33. The van der Waals surface area contributed by atoms with E-state index in [2.05, 4.69) is 4.90 Å². The van der Waals surface area contributed by atoms with E-state index in [4.69, 9.17) is 4.74 Å². The number of benzene rings is 2. The number of hydrogen-bond donors (Lipinski definition) is 0. The smallest absolute Gasteiger partial charge is 0.261 e. The molecular formula is C20H23N3O3. The van der Waals surface area contributed by atoms with Crippen molar-refractivity contribution in [3.63, 3.8) is 0 Å². The molecule has 4 rings (SSSR count). The Bertz CT molecular complexity index is 850. The third-order valence-electron chi connectivity index (χ3n) is 5.09. The molecule has 0 aliphatic carbocycles. The predicted octanol–water partition coefficient (Wildman–Crippen LogP) is 1.83. The standard InChI is InChI=1S/C20H23N3O3/c1-21(2)8-9-23-19(24)15-5-3-4-14-17(22-10-12-26-13-11-22)7-6-16(18(14)15)20(23)25/h3-7H,8-13H2,1-2H3. The van der Waals surface area contributed by atoms with Gasteiger partial charge in [-0.1, -0.05) is 12.1 Å². The van der Waals surface area contributed by atoms with Gasteiger partial charge in [0.25, 0.3) is 11.8 Å². The van der Waals surface area contributed by atoms with Crippen LogP contribution in [0.4, 0.5) is 5.69 Å². The molecule has 0 unspecified atom stereocenters. The van der Waals surface area contributed by atoms with Crippen molar-refractivity contribution in [3.8, 4) is 0 Å². The quantitative estimate of drug-likeness (QED) is 0.785. The van der Waals surface area contributed by atoms with E-state index < -0.39 is 0 Å². The number of ether oxygens (including phenoxy) is 1. The normalized spacial score (nSPS) is 17.5. The van der Waals surface area contributed by atoms with Gasteiger partial charge in [-0.2, -0.15) is 0 Å². The average Bonchev–Trinajstić information content (AvgIpc) is 2.66. The Kier molecular flexibility index (Phi) is 4.38. The Morgan fingerprint density at radius 1 is 1.00 bits per heavy atom. The van der Waals surface area contributed by atoms with Crippen molar-refractivity contribution in [3.05, 3.63) is 41.5 Å². The van der Waals surface area contributed by atoms with Gasteiger partial charge in [0.15, 0.2) is 0 Å². The second-order valence-corrected chi connectivity index (χ2v) is 7.03. The number of rotatable bonds is 4. The molecule has 6 heteroatoms. The van der Waals surface area contributed by atoms with Crippen molar-refractivity contribution in [1.29, 1.82) is 0 Å². The highest BCUT2D eigenvalue weighted by atomic mass is 16.5. The summed E-state index contributed by atoms with van der Waals surface area (Å²) in [4.78, 5) is 31.5. The molecular weight excluding hydrogens is 330 g/mol. The Labute approximate surface area is 152 Å². The van der Waals surface area contributed by atoms with Crippen molar-refractivity contribution in [1.82, 2.24) is 9.80 Å². The Balaban J connectivity index is 1.81. The van der Waals surface area contributed by atoms with Crippen molar-refractivity contribution < 1.29 is 14.3 Å². The first-order valence-electron chi connectivity index (χ1n) is 8.97. The van der Waals surface area contributed by atoms with Gasteiger partial charge < -0.3 is 14.5 Å². The van der Waals surface area contributed by atoms with E-state index in [-0.39, 0.29) is 11.8 Å². The summed E-state index contributed by atoms with van der Waals surface area (Å²) in [6.45, 7) is 4.06. The second-order valence-electron chi connectivity index (χ2n) is 7.03. The molecule has 0 bridgehead atoms. The van der Waals surface area contributed by atoms with Gasteiger partial charge >= 0.3 is 0 Å².